The maximum absolute atomic E-state index is 14.0. The minimum absolute atomic E-state index is 0.0506. The van der Waals surface area contributed by atoms with Gasteiger partial charge in [0.1, 0.15) is 22.3 Å². The van der Waals surface area contributed by atoms with E-state index in [4.69, 9.17) is 0 Å². The lowest BCUT2D eigenvalue weighted by atomic mass is 10.2. The largest absolute Gasteiger partial charge is 0.365 e. The average molecular weight is 379 g/mol. The van der Waals surface area contributed by atoms with Crippen LogP contribution in [0, 0.1) is 11.6 Å². The van der Waals surface area contributed by atoms with Crippen molar-refractivity contribution in [2.45, 2.75) is 32.4 Å². The number of hydrogen-bond acceptors (Lipinski definition) is 4. The van der Waals surface area contributed by atoms with Crippen molar-refractivity contribution >= 4 is 23.0 Å². The fraction of sp³-hybridized carbons (Fsp3) is 0.444. The molecule has 1 aliphatic rings. The molecule has 0 saturated carbocycles. The number of nitrogens with zero attached hydrogens (tertiary/aromatic N) is 3. The monoisotopic (exact) mass is 379 g/mol. The van der Waals surface area contributed by atoms with Crippen molar-refractivity contribution in [3.05, 3.63) is 45.9 Å². The SMILES string of the molecule is CCc1cnc(CNC(=NC)NC2CCN(c3c(F)cccc3F)C2)s1. The van der Waals surface area contributed by atoms with E-state index in [1.807, 2.05) is 6.20 Å². The van der Waals surface area contributed by atoms with Crippen LogP contribution in [0.25, 0.3) is 0 Å². The molecule has 0 amide bonds. The summed E-state index contributed by atoms with van der Waals surface area (Å²) in [6.07, 6.45) is 3.66. The van der Waals surface area contributed by atoms with Crippen LogP contribution >= 0.6 is 11.3 Å². The second kappa shape index (κ2) is 8.44. The average Bonchev–Trinajstić information content (AvgIpc) is 3.28. The molecule has 5 nitrogen and oxygen atoms in total. The van der Waals surface area contributed by atoms with E-state index < -0.39 is 11.6 Å². The standard InChI is InChI=1S/C18H23F2N5S/c1-3-13-9-22-16(26-13)10-23-18(21-2)24-12-7-8-25(11-12)17-14(19)5-4-6-15(17)20/h4-6,9,12H,3,7-8,10-11H2,1-2H3,(H2,21,23,24). The highest BCUT2D eigenvalue weighted by Crippen LogP contribution is 2.26. The van der Waals surface area contributed by atoms with E-state index in [-0.39, 0.29) is 11.7 Å². The lowest BCUT2D eigenvalue weighted by Crippen LogP contribution is -2.44. The first kappa shape index (κ1) is 18.6. The number of aryl methyl sites for hydroxylation is 1. The van der Waals surface area contributed by atoms with Crippen molar-refractivity contribution in [3.63, 3.8) is 0 Å². The van der Waals surface area contributed by atoms with Gasteiger partial charge in [0.05, 0.1) is 6.54 Å². The Hall–Kier alpha value is -2.22. The maximum Gasteiger partial charge on any atom is 0.191 e. The highest BCUT2D eigenvalue weighted by Gasteiger charge is 2.27. The molecule has 3 rings (SSSR count). The predicted octanol–water partition coefficient (Wildman–Crippen LogP) is 2.93. The number of nitrogens with one attached hydrogen (secondary N) is 2. The van der Waals surface area contributed by atoms with E-state index in [1.165, 1.54) is 23.1 Å². The van der Waals surface area contributed by atoms with Gasteiger partial charge in [-0.15, -0.1) is 11.3 Å². The Bertz CT molecular complexity index is 756. The van der Waals surface area contributed by atoms with Gasteiger partial charge < -0.3 is 15.5 Å². The molecule has 2 N–H and O–H groups in total. The molecule has 0 bridgehead atoms. The zero-order valence-electron chi connectivity index (χ0n) is 14.9. The maximum atomic E-state index is 14.0. The van der Waals surface area contributed by atoms with Crippen molar-refractivity contribution in [1.82, 2.24) is 15.6 Å². The van der Waals surface area contributed by atoms with Crippen LogP contribution in [-0.2, 0) is 13.0 Å². The minimum atomic E-state index is -0.524. The number of guanidine groups is 1. The van der Waals surface area contributed by atoms with Crippen molar-refractivity contribution < 1.29 is 8.78 Å². The zero-order chi connectivity index (χ0) is 18.5. The third-order valence-electron chi connectivity index (χ3n) is 4.36. The van der Waals surface area contributed by atoms with E-state index in [0.29, 0.717) is 25.6 Å². The van der Waals surface area contributed by atoms with Crippen LogP contribution in [-0.4, -0.2) is 37.1 Å². The summed E-state index contributed by atoms with van der Waals surface area (Å²) < 4.78 is 27.9. The fourth-order valence-corrected chi connectivity index (χ4v) is 3.81. The third-order valence-corrected chi connectivity index (χ3v) is 5.51. The highest BCUT2D eigenvalue weighted by atomic mass is 32.1. The molecule has 140 valence electrons. The van der Waals surface area contributed by atoms with Gasteiger partial charge >= 0.3 is 0 Å². The van der Waals surface area contributed by atoms with E-state index in [0.717, 1.165) is 17.8 Å². The van der Waals surface area contributed by atoms with E-state index in [2.05, 4.69) is 27.5 Å². The summed E-state index contributed by atoms with van der Waals surface area (Å²) in [6.45, 7) is 3.83. The first-order valence-electron chi connectivity index (χ1n) is 8.70. The zero-order valence-corrected chi connectivity index (χ0v) is 15.7. The van der Waals surface area contributed by atoms with Crippen molar-refractivity contribution in [2.75, 3.05) is 25.0 Å². The van der Waals surface area contributed by atoms with Gasteiger partial charge in [-0.3, -0.25) is 4.99 Å². The number of aliphatic imine (C=N–C) groups is 1. The molecular formula is C18H23F2N5S. The van der Waals surface area contributed by atoms with Gasteiger partial charge in [-0.25, -0.2) is 13.8 Å². The summed E-state index contributed by atoms with van der Waals surface area (Å²) in [6, 6.07) is 4.04. The molecule has 2 aromatic rings. The van der Waals surface area contributed by atoms with Crippen molar-refractivity contribution in [1.29, 1.82) is 0 Å². The number of benzene rings is 1. The molecule has 0 spiro atoms. The van der Waals surface area contributed by atoms with Gasteiger partial charge in [0.15, 0.2) is 5.96 Å². The van der Waals surface area contributed by atoms with E-state index >= 15 is 0 Å². The Balaban J connectivity index is 1.55. The normalized spacial score (nSPS) is 17.6. The molecule has 1 aromatic carbocycles. The van der Waals surface area contributed by atoms with Crippen molar-refractivity contribution in [3.8, 4) is 0 Å². The number of anilines is 1. The first-order chi connectivity index (χ1) is 12.6. The van der Waals surface area contributed by atoms with Gasteiger partial charge in [-0.1, -0.05) is 13.0 Å². The van der Waals surface area contributed by atoms with Gasteiger partial charge in [-0.05, 0) is 25.0 Å². The summed E-state index contributed by atoms with van der Waals surface area (Å²) in [5.41, 5.74) is 0.0506. The highest BCUT2D eigenvalue weighted by molar-refractivity contribution is 7.11. The van der Waals surface area contributed by atoms with Gasteiger partial charge in [0, 0.05) is 37.3 Å². The molecule has 1 saturated heterocycles. The van der Waals surface area contributed by atoms with Crippen LogP contribution < -0.4 is 15.5 Å². The van der Waals surface area contributed by atoms with Crippen LogP contribution in [0.2, 0.25) is 0 Å². The first-order valence-corrected chi connectivity index (χ1v) is 9.52. The van der Waals surface area contributed by atoms with Crippen LogP contribution in [0.1, 0.15) is 23.2 Å². The molecule has 1 aromatic heterocycles. The minimum Gasteiger partial charge on any atom is -0.365 e. The number of aromatic nitrogens is 1. The number of para-hydroxylation sites is 1. The van der Waals surface area contributed by atoms with E-state index in [9.17, 15) is 8.78 Å². The van der Waals surface area contributed by atoms with Crippen LogP contribution in [0.15, 0.2) is 29.4 Å². The molecule has 1 unspecified atom stereocenters. The Labute approximate surface area is 156 Å². The summed E-state index contributed by atoms with van der Waals surface area (Å²) in [5, 5.41) is 7.58. The van der Waals surface area contributed by atoms with Crippen LogP contribution in [0.3, 0.4) is 0 Å². The number of thiazole rings is 1. The number of halogens is 2. The lowest BCUT2D eigenvalue weighted by molar-refractivity contribution is 0.576. The topological polar surface area (TPSA) is 52.6 Å². The Morgan fingerprint density at radius 2 is 2.15 bits per heavy atom. The van der Waals surface area contributed by atoms with Gasteiger partial charge in [0.2, 0.25) is 0 Å². The third kappa shape index (κ3) is 4.30. The molecular weight excluding hydrogens is 356 g/mol. The summed E-state index contributed by atoms with van der Waals surface area (Å²) in [5.74, 6) is -0.383. The summed E-state index contributed by atoms with van der Waals surface area (Å²) in [4.78, 5) is 11.6. The van der Waals surface area contributed by atoms with Gasteiger partial charge in [-0.2, -0.15) is 0 Å². The molecule has 1 atom stereocenters. The second-order valence-corrected chi connectivity index (χ2v) is 7.35. The molecule has 1 aliphatic heterocycles. The van der Waals surface area contributed by atoms with Crippen LogP contribution in [0.5, 0.6) is 0 Å². The fourth-order valence-electron chi connectivity index (χ4n) is 3.01. The Morgan fingerprint density at radius 1 is 1.38 bits per heavy atom. The Kier molecular flexibility index (Phi) is 6.03. The summed E-state index contributed by atoms with van der Waals surface area (Å²) >= 11 is 1.68. The Morgan fingerprint density at radius 3 is 2.81 bits per heavy atom. The lowest BCUT2D eigenvalue weighted by Gasteiger charge is -2.21. The van der Waals surface area contributed by atoms with Crippen molar-refractivity contribution in [2.24, 2.45) is 4.99 Å². The molecule has 1 fully saturated rings. The quantitative estimate of drug-likeness (QED) is 0.620. The van der Waals surface area contributed by atoms with Gasteiger partial charge in [0.25, 0.3) is 0 Å². The molecule has 2 heterocycles. The predicted molar refractivity (Wildman–Crippen MR) is 102 cm³/mol. The smallest absolute Gasteiger partial charge is 0.191 e. The molecule has 8 heteroatoms. The second-order valence-electron chi connectivity index (χ2n) is 6.15. The number of rotatable bonds is 5. The van der Waals surface area contributed by atoms with E-state index in [1.54, 1.807) is 23.3 Å². The number of hydrogen-bond donors (Lipinski definition) is 2. The molecule has 0 aliphatic carbocycles. The van der Waals surface area contributed by atoms with Crippen LogP contribution in [0.4, 0.5) is 14.5 Å². The summed E-state index contributed by atoms with van der Waals surface area (Å²) in [7, 11) is 1.71. The molecule has 26 heavy (non-hydrogen) atoms. The molecule has 0 radical (unpaired) electrons.